The average molecular weight is 379 g/mol. The van der Waals surface area contributed by atoms with Gasteiger partial charge in [0.1, 0.15) is 10.7 Å². The highest BCUT2D eigenvalue weighted by molar-refractivity contribution is 9.10. The van der Waals surface area contributed by atoms with E-state index in [1.54, 1.807) is 0 Å². The van der Waals surface area contributed by atoms with Crippen molar-refractivity contribution in [3.63, 3.8) is 0 Å². The molecule has 0 amide bonds. The van der Waals surface area contributed by atoms with Gasteiger partial charge in [-0.2, -0.15) is 0 Å². The Morgan fingerprint density at radius 2 is 2.00 bits per heavy atom. The number of benzene rings is 1. The SMILES string of the molecule is CC1CCCC(NS(=O)(=O)c2cc(Br)c(F)cc2N)C1C. The summed E-state index contributed by atoms with van der Waals surface area (Å²) in [6.07, 6.45) is 2.93. The lowest BCUT2D eigenvalue weighted by Crippen LogP contribution is -2.43. The van der Waals surface area contributed by atoms with Crippen LogP contribution in [0.5, 0.6) is 0 Å². The van der Waals surface area contributed by atoms with Gasteiger partial charge < -0.3 is 5.73 Å². The molecule has 21 heavy (non-hydrogen) atoms. The molecule has 2 rings (SSSR count). The maximum Gasteiger partial charge on any atom is 0.242 e. The van der Waals surface area contributed by atoms with Crippen LogP contribution >= 0.6 is 15.9 Å². The average Bonchev–Trinajstić information content (AvgIpc) is 2.39. The zero-order valence-electron chi connectivity index (χ0n) is 12.1. The van der Waals surface area contributed by atoms with E-state index >= 15 is 0 Å². The number of rotatable bonds is 3. The molecule has 3 N–H and O–H groups in total. The highest BCUT2D eigenvalue weighted by Gasteiger charge is 2.31. The molecule has 0 bridgehead atoms. The molecule has 1 aromatic carbocycles. The standard InChI is InChI=1S/C14H20BrFN2O2S/c1-8-4-3-5-13(9(8)2)18-21(19,20)14-6-10(15)11(16)7-12(14)17/h6-9,13,18H,3-5,17H2,1-2H3. The first-order valence-corrected chi connectivity index (χ1v) is 9.27. The number of nitrogen functional groups attached to an aromatic ring is 1. The van der Waals surface area contributed by atoms with Crippen molar-refractivity contribution in [2.24, 2.45) is 11.8 Å². The number of hydrogen-bond donors (Lipinski definition) is 2. The fraction of sp³-hybridized carbons (Fsp3) is 0.571. The number of hydrogen-bond acceptors (Lipinski definition) is 3. The van der Waals surface area contributed by atoms with Crippen molar-refractivity contribution in [3.8, 4) is 0 Å². The summed E-state index contributed by atoms with van der Waals surface area (Å²) >= 11 is 3.00. The minimum Gasteiger partial charge on any atom is -0.398 e. The second-order valence-corrected chi connectivity index (χ2v) is 8.34. The fourth-order valence-electron chi connectivity index (χ4n) is 2.79. The Hall–Kier alpha value is -0.660. The second kappa shape index (κ2) is 6.22. The summed E-state index contributed by atoms with van der Waals surface area (Å²) in [6.45, 7) is 4.19. The summed E-state index contributed by atoms with van der Waals surface area (Å²) in [6, 6.07) is 2.12. The van der Waals surface area contributed by atoms with Crippen molar-refractivity contribution >= 4 is 31.6 Å². The van der Waals surface area contributed by atoms with Gasteiger partial charge in [0, 0.05) is 6.04 Å². The molecule has 118 valence electrons. The van der Waals surface area contributed by atoms with Crippen LogP contribution < -0.4 is 10.5 Å². The lowest BCUT2D eigenvalue weighted by molar-refractivity contribution is 0.227. The van der Waals surface area contributed by atoms with Gasteiger partial charge in [-0.25, -0.2) is 17.5 Å². The van der Waals surface area contributed by atoms with Gasteiger partial charge in [-0.3, -0.25) is 0 Å². The Morgan fingerprint density at radius 3 is 2.67 bits per heavy atom. The molecule has 0 spiro atoms. The van der Waals surface area contributed by atoms with Crippen LogP contribution in [0.4, 0.5) is 10.1 Å². The van der Waals surface area contributed by atoms with E-state index in [1.165, 1.54) is 6.07 Å². The van der Waals surface area contributed by atoms with Gasteiger partial charge in [0.25, 0.3) is 0 Å². The first kappa shape index (κ1) is 16.7. The highest BCUT2D eigenvalue weighted by Crippen LogP contribution is 2.32. The fourth-order valence-corrected chi connectivity index (χ4v) is 4.78. The highest BCUT2D eigenvalue weighted by atomic mass is 79.9. The Morgan fingerprint density at radius 1 is 1.33 bits per heavy atom. The van der Waals surface area contributed by atoms with E-state index in [2.05, 4.69) is 34.5 Å². The van der Waals surface area contributed by atoms with Crippen LogP contribution in [-0.2, 0) is 10.0 Å². The molecule has 0 aliphatic heterocycles. The van der Waals surface area contributed by atoms with E-state index in [0.717, 1.165) is 25.3 Å². The molecule has 0 radical (unpaired) electrons. The summed E-state index contributed by atoms with van der Waals surface area (Å²) in [5.74, 6) is 0.161. The molecule has 1 aromatic rings. The van der Waals surface area contributed by atoms with Crippen LogP contribution in [0.25, 0.3) is 0 Å². The molecule has 3 unspecified atom stereocenters. The third kappa shape index (κ3) is 3.57. The Bertz CT molecular complexity index is 636. The predicted octanol–water partition coefficient (Wildman–Crippen LogP) is 3.27. The van der Waals surface area contributed by atoms with Crippen molar-refractivity contribution in [2.75, 3.05) is 5.73 Å². The van der Waals surface area contributed by atoms with Crippen molar-refractivity contribution < 1.29 is 12.8 Å². The van der Waals surface area contributed by atoms with E-state index in [-0.39, 0.29) is 27.0 Å². The summed E-state index contributed by atoms with van der Waals surface area (Å²) in [5.41, 5.74) is 5.58. The van der Waals surface area contributed by atoms with Crippen molar-refractivity contribution in [2.45, 2.75) is 44.0 Å². The van der Waals surface area contributed by atoms with Crippen LogP contribution in [0.3, 0.4) is 0 Å². The summed E-state index contributed by atoms with van der Waals surface area (Å²) in [4.78, 5) is -0.0822. The number of sulfonamides is 1. The molecule has 1 fully saturated rings. The van der Waals surface area contributed by atoms with Gasteiger partial charge in [0.05, 0.1) is 10.2 Å². The lowest BCUT2D eigenvalue weighted by Gasteiger charge is -2.34. The number of halogens is 2. The summed E-state index contributed by atoms with van der Waals surface area (Å²) < 4.78 is 41.2. The largest absolute Gasteiger partial charge is 0.398 e. The van der Waals surface area contributed by atoms with E-state index < -0.39 is 15.8 Å². The molecule has 1 aliphatic carbocycles. The molecule has 0 heterocycles. The van der Waals surface area contributed by atoms with Crippen molar-refractivity contribution in [1.82, 2.24) is 4.72 Å². The summed E-state index contributed by atoms with van der Waals surface area (Å²) in [7, 11) is -3.76. The predicted molar refractivity (Wildman–Crippen MR) is 84.8 cm³/mol. The molecule has 0 aromatic heterocycles. The zero-order valence-corrected chi connectivity index (χ0v) is 14.5. The van der Waals surface area contributed by atoms with Gasteiger partial charge >= 0.3 is 0 Å². The quantitative estimate of drug-likeness (QED) is 0.792. The smallest absolute Gasteiger partial charge is 0.242 e. The third-order valence-corrected chi connectivity index (χ3v) is 6.51. The Balaban J connectivity index is 2.28. The Kier molecular flexibility index (Phi) is 4.95. The molecular formula is C14H20BrFN2O2S. The molecule has 7 heteroatoms. The number of nitrogens with one attached hydrogen (secondary N) is 1. The van der Waals surface area contributed by atoms with E-state index in [9.17, 15) is 12.8 Å². The van der Waals surface area contributed by atoms with Crippen molar-refractivity contribution in [3.05, 3.63) is 22.4 Å². The van der Waals surface area contributed by atoms with Crippen LogP contribution in [0.15, 0.2) is 21.5 Å². The molecule has 3 atom stereocenters. The van der Waals surface area contributed by atoms with Gasteiger partial charge in [-0.05, 0) is 46.3 Å². The topological polar surface area (TPSA) is 72.2 Å². The van der Waals surface area contributed by atoms with E-state index in [1.807, 2.05) is 0 Å². The molecule has 0 saturated heterocycles. The van der Waals surface area contributed by atoms with E-state index in [0.29, 0.717) is 5.92 Å². The number of anilines is 1. The summed E-state index contributed by atoms with van der Waals surface area (Å²) in [5, 5.41) is 0. The lowest BCUT2D eigenvalue weighted by atomic mass is 9.78. The molecule has 4 nitrogen and oxygen atoms in total. The van der Waals surface area contributed by atoms with Gasteiger partial charge in [0.2, 0.25) is 10.0 Å². The molecule has 1 saturated carbocycles. The van der Waals surface area contributed by atoms with E-state index in [4.69, 9.17) is 5.73 Å². The molecule has 1 aliphatic rings. The van der Waals surface area contributed by atoms with Crippen LogP contribution in [0, 0.1) is 17.7 Å². The monoisotopic (exact) mass is 378 g/mol. The first-order valence-electron chi connectivity index (χ1n) is 6.99. The van der Waals surface area contributed by atoms with Crippen LogP contribution in [0.2, 0.25) is 0 Å². The van der Waals surface area contributed by atoms with Gasteiger partial charge in [-0.15, -0.1) is 0 Å². The van der Waals surface area contributed by atoms with Crippen LogP contribution in [-0.4, -0.2) is 14.5 Å². The maximum atomic E-state index is 13.4. The Labute approximate surface area is 133 Å². The minimum absolute atomic E-state index is 0.0822. The van der Waals surface area contributed by atoms with Crippen LogP contribution in [0.1, 0.15) is 33.1 Å². The zero-order chi connectivity index (χ0) is 15.8. The van der Waals surface area contributed by atoms with Crippen molar-refractivity contribution in [1.29, 1.82) is 0 Å². The molecular weight excluding hydrogens is 359 g/mol. The van der Waals surface area contributed by atoms with Gasteiger partial charge in [-0.1, -0.05) is 26.7 Å². The first-order chi connectivity index (χ1) is 9.72. The second-order valence-electron chi connectivity index (χ2n) is 5.80. The van der Waals surface area contributed by atoms with Gasteiger partial charge in [0.15, 0.2) is 0 Å². The maximum absolute atomic E-state index is 13.4. The number of nitrogens with two attached hydrogens (primary N) is 1. The normalized spacial score (nSPS) is 26.8. The third-order valence-electron chi connectivity index (χ3n) is 4.36. The minimum atomic E-state index is -3.76.